The molecule has 0 aliphatic rings. The monoisotopic (exact) mass is 364 g/mol. The molecular weight excluding hydrogens is 348 g/mol. The fourth-order valence-corrected chi connectivity index (χ4v) is 3.69. The minimum absolute atomic E-state index is 0.0496. The Hall–Kier alpha value is -3.30. The van der Waals surface area contributed by atoms with E-state index < -0.39 is 10.0 Å². The molecule has 0 spiro atoms. The van der Waals surface area contributed by atoms with Gasteiger partial charge in [0.15, 0.2) is 5.75 Å². The molecule has 3 aromatic carbocycles. The fraction of sp³-hybridized carbons (Fsp3) is 0.0500. The van der Waals surface area contributed by atoms with Gasteiger partial charge in [-0.2, -0.15) is 5.26 Å². The van der Waals surface area contributed by atoms with Gasteiger partial charge < -0.3 is 4.74 Å². The SMILES string of the molecule is CN(c1ccccc1Oc1ccccc1)S(=O)(=O)c1cccc(C#N)c1. The largest absolute Gasteiger partial charge is 0.455 e. The molecule has 5 nitrogen and oxygen atoms in total. The van der Waals surface area contributed by atoms with E-state index in [2.05, 4.69) is 0 Å². The van der Waals surface area contributed by atoms with Crippen LogP contribution >= 0.6 is 0 Å². The highest BCUT2D eigenvalue weighted by molar-refractivity contribution is 7.92. The topological polar surface area (TPSA) is 70.4 Å². The Balaban J connectivity index is 1.99. The number of hydrogen-bond acceptors (Lipinski definition) is 4. The molecule has 0 aromatic heterocycles. The van der Waals surface area contributed by atoms with E-state index in [4.69, 9.17) is 10.00 Å². The molecule has 0 heterocycles. The van der Waals surface area contributed by atoms with Crippen molar-refractivity contribution >= 4 is 15.7 Å². The highest BCUT2D eigenvalue weighted by Crippen LogP contribution is 2.34. The maximum absolute atomic E-state index is 13.0. The summed E-state index contributed by atoms with van der Waals surface area (Å²) in [6.45, 7) is 0. The lowest BCUT2D eigenvalue weighted by Crippen LogP contribution is -2.27. The highest BCUT2D eigenvalue weighted by atomic mass is 32.2. The van der Waals surface area contributed by atoms with E-state index in [1.807, 2.05) is 24.3 Å². The molecule has 0 saturated heterocycles. The summed E-state index contributed by atoms with van der Waals surface area (Å²) in [5, 5.41) is 9.01. The van der Waals surface area contributed by atoms with Crippen molar-refractivity contribution in [1.29, 1.82) is 5.26 Å². The summed E-state index contributed by atoms with van der Waals surface area (Å²) >= 11 is 0. The first-order valence-corrected chi connectivity index (χ1v) is 9.27. The van der Waals surface area contributed by atoms with Crippen molar-refractivity contribution in [2.75, 3.05) is 11.4 Å². The number of benzene rings is 3. The Morgan fingerprint density at radius 3 is 2.35 bits per heavy atom. The predicted octanol–water partition coefficient (Wildman–Crippen LogP) is 4.18. The summed E-state index contributed by atoms with van der Waals surface area (Å²) in [5.74, 6) is 1.03. The molecule has 3 rings (SSSR count). The number of para-hydroxylation sites is 3. The number of hydrogen-bond donors (Lipinski definition) is 0. The lowest BCUT2D eigenvalue weighted by molar-refractivity contribution is 0.483. The zero-order chi connectivity index (χ0) is 18.6. The first kappa shape index (κ1) is 17.5. The van der Waals surface area contributed by atoms with Gasteiger partial charge in [0.05, 0.1) is 22.2 Å². The second kappa shape index (κ2) is 7.30. The summed E-state index contributed by atoms with van der Waals surface area (Å²) in [7, 11) is -2.38. The summed E-state index contributed by atoms with van der Waals surface area (Å²) in [5.41, 5.74) is 0.687. The minimum atomic E-state index is -3.84. The standard InChI is InChI=1S/C20H16N2O3S/c1-22(26(23,24)18-11-7-8-16(14-18)15-21)19-12-5-6-13-20(19)25-17-9-3-2-4-10-17/h2-14H,1H3. The van der Waals surface area contributed by atoms with Crippen LogP contribution in [-0.2, 0) is 10.0 Å². The van der Waals surface area contributed by atoms with Gasteiger partial charge in [-0.25, -0.2) is 8.42 Å². The van der Waals surface area contributed by atoms with E-state index in [1.54, 1.807) is 48.5 Å². The van der Waals surface area contributed by atoms with Crippen molar-refractivity contribution in [3.63, 3.8) is 0 Å². The van der Waals surface area contributed by atoms with E-state index in [0.29, 0.717) is 17.2 Å². The minimum Gasteiger partial charge on any atom is -0.455 e. The van der Waals surface area contributed by atoms with Gasteiger partial charge >= 0.3 is 0 Å². The molecule has 0 saturated carbocycles. The molecule has 0 amide bonds. The zero-order valence-electron chi connectivity index (χ0n) is 14.0. The molecule has 0 fully saturated rings. The van der Waals surface area contributed by atoms with Crippen molar-refractivity contribution in [2.24, 2.45) is 0 Å². The number of ether oxygens (including phenoxy) is 1. The summed E-state index contributed by atoms with van der Waals surface area (Å²) in [4.78, 5) is 0.0496. The Kier molecular flexibility index (Phi) is 4.92. The van der Waals surface area contributed by atoms with E-state index in [0.717, 1.165) is 4.31 Å². The number of nitriles is 1. The van der Waals surface area contributed by atoms with Crippen molar-refractivity contribution in [1.82, 2.24) is 0 Å². The van der Waals surface area contributed by atoms with E-state index in [1.165, 1.54) is 19.2 Å². The van der Waals surface area contributed by atoms with E-state index in [9.17, 15) is 8.42 Å². The Bertz CT molecular complexity index is 1060. The Labute approximate surface area is 152 Å². The Morgan fingerprint density at radius 2 is 1.62 bits per heavy atom. The lowest BCUT2D eigenvalue weighted by atomic mass is 10.2. The maximum atomic E-state index is 13.0. The fourth-order valence-electron chi connectivity index (χ4n) is 2.43. The van der Waals surface area contributed by atoms with Crippen LogP contribution in [0.15, 0.2) is 83.8 Å². The van der Waals surface area contributed by atoms with Crippen LogP contribution in [-0.4, -0.2) is 15.5 Å². The van der Waals surface area contributed by atoms with Gasteiger partial charge in [0.25, 0.3) is 10.0 Å². The maximum Gasteiger partial charge on any atom is 0.264 e. The number of nitrogens with zero attached hydrogens (tertiary/aromatic N) is 2. The molecule has 3 aromatic rings. The first-order chi connectivity index (χ1) is 12.5. The quantitative estimate of drug-likeness (QED) is 0.681. The number of rotatable bonds is 5. The van der Waals surface area contributed by atoms with Gasteiger partial charge in [-0.3, -0.25) is 4.31 Å². The molecule has 0 N–H and O–H groups in total. The molecule has 0 atom stereocenters. The van der Waals surface area contributed by atoms with Crippen LogP contribution in [0.3, 0.4) is 0 Å². The summed E-state index contributed by atoms with van der Waals surface area (Å²) in [6.07, 6.45) is 0. The van der Waals surface area contributed by atoms with Gasteiger partial charge in [-0.1, -0.05) is 36.4 Å². The number of anilines is 1. The summed E-state index contributed by atoms with van der Waals surface area (Å²) in [6, 6.07) is 23.9. The third-order valence-electron chi connectivity index (χ3n) is 3.80. The first-order valence-electron chi connectivity index (χ1n) is 7.83. The van der Waals surface area contributed by atoms with Gasteiger partial charge in [0, 0.05) is 7.05 Å². The van der Waals surface area contributed by atoms with Crippen LogP contribution in [0.1, 0.15) is 5.56 Å². The predicted molar refractivity (Wildman–Crippen MR) is 99.7 cm³/mol. The molecular formula is C20H16N2O3S. The second-order valence-electron chi connectivity index (χ2n) is 5.50. The van der Waals surface area contributed by atoms with Crippen LogP contribution in [0.2, 0.25) is 0 Å². The average Bonchev–Trinajstić information content (AvgIpc) is 2.68. The van der Waals surface area contributed by atoms with Crippen LogP contribution in [0.25, 0.3) is 0 Å². The molecule has 0 radical (unpaired) electrons. The van der Waals surface area contributed by atoms with E-state index in [-0.39, 0.29) is 10.5 Å². The van der Waals surface area contributed by atoms with Crippen molar-refractivity contribution in [3.05, 3.63) is 84.4 Å². The normalized spacial score (nSPS) is 10.8. The van der Waals surface area contributed by atoms with Crippen LogP contribution in [0.5, 0.6) is 11.5 Å². The van der Waals surface area contributed by atoms with Gasteiger partial charge in [0.1, 0.15) is 5.75 Å². The molecule has 130 valence electrons. The smallest absolute Gasteiger partial charge is 0.264 e. The molecule has 0 unspecified atom stereocenters. The van der Waals surface area contributed by atoms with Gasteiger partial charge in [-0.05, 0) is 42.5 Å². The van der Waals surface area contributed by atoms with Crippen LogP contribution in [0, 0.1) is 11.3 Å². The molecule has 26 heavy (non-hydrogen) atoms. The summed E-state index contributed by atoms with van der Waals surface area (Å²) < 4.78 is 32.9. The number of sulfonamides is 1. The lowest BCUT2D eigenvalue weighted by Gasteiger charge is -2.22. The van der Waals surface area contributed by atoms with Crippen LogP contribution in [0.4, 0.5) is 5.69 Å². The average molecular weight is 364 g/mol. The van der Waals surface area contributed by atoms with Crippen molar-refractivity contribution in [2.45, 2.75) is 4.90 Å². The van der Waals surface area contributed by atoms with Crippen molar-refractivity contribution in [3.8, 4) is 17.6 Å². The highest BCUT2D eigenvalue weighted by Gasteiger charge is 2.24. The van der Waals surface area contributed by atoms with Gasteiger partial charge in [-0.15, -0.1) is 0 Å². The third kappa shape index (κ3) is 3.53. The zero-order valence-corrected chi connectivity index (χ0v) is 14.8. The van der Waals surface area contributed by atoms with Crippen molar-refractivity contribution < 1.29 is 13.2 Å². The Morgan fingerprint density at radius 1 is 0.923 bits per heavy atom. The molecule has 6 heteroatoms. The molecule has 0 bridgehead atoms. The molecule has 0 aliphatic carbocycles. The van der Waals surface area contributed by atoms with Gasteiger partial charge in [0.2, 0.25) is 0 Å². The third-order valence-corrected chi connectivity index (χ3v) is 5.56. The van der Waals surface area contributed by atoms with E-state index >= 15 is 0 Å². The van der Waals surface area contributed by atoms with Crippen LogP contribution < -0.4 is 9.04 Å². The molecule has 0 aliphatic heterocycles. The second-order valence-corrected chi connectivity index (χ2v) is 7.46.